The average molecular weight is 360 g/mol. The molecule has 0 aliphatic carbocycles. The minimum atomic E-state index is -6.06. The van der Waals surface area contributed by atoms with E-state index in [2.05, 4.69) is 16.1 Å². The summed E-state index contributed by atoms with van der Waals surface area (Å²) in [6.07, 6.45) is -17.4. The first kappa shape index (κ1) is 21.8. The van der Waals surface area contributed by atoms with Gasteiger partial charge in [0, 0.05) is 19.4 Å². The molecule has 0 fully saturated rings. The molecule has 0 radical (unpaired) electrons. The number of halogens is 9. The van der Waals surface area contributed by atoms with Crippen LogP contribution in [0.15, 0.2) is 24.6 Å². The molecule has 136 valence electrons. The second-order valence-corrected chi connectivity index (χ2v) is 4.37. The van der Waals surface area contributed by atoms with Crippen LogP contribution in [0.3, 0.4) is 0 Å². The van der Waals surface area contributed by atoms with Crippen molar-refractivity contribution >= 4 is 0 Å². The first-order valence-electron chi connectivity index (χ1n) is 5.92. The number of rotatable bonds is 8. The van der Waals surface area contributed by atoms with E-state index in [-0.39, 0.29) is 0 Å². The van der Waals surface area contributed by atoms with Crippen LogP contribution in [0.5, 0.6) is 0 Å². The molecule has 1 atom stereocenters. The molecule has 0 saturated heterocycles. The lowest BCUT2D eigenvalue weighted by atomic mass is 9.80. The number of ether oxygens (including phenoxy) is 2. The van der Waals surface area contributed by atoms with Crippen LogP contribution in [0.25, 0.3) is 0 Å². The Kier molecular flexibility index (Phi) is 7.61. The molecule has 11 heteroatoms. The van der Waals surface area contributed by atoms with Crippen molar-refractivity contribution in [3.05, 3.63) is 24.6 Å². The van der Waals surface area contributed by atoms with Crippen molar-refractivity contribution in [1.82, 2.24) is 0 Å². The Morgan fingerprint density at radius 1 is 1.04 bits per heavy atom. The summed E-state index contributed by atoms with van der Waals surface area (Å²) < 4.78 is 124. The molecule has 0 spiro atoms. The molecule has 1 unspecified atom stereocenters. The molecule has 0 bridgehead atoms. The summed E-state index contributed by atoms with van der Waals surface area (Å²) >= 11 is 0. The van der Waals surface area contributed by atoms with E-state index in [1.165, 1.54) is 0 Å². The van der Waals surface area contributed by atoms with Gasteiger partial charge >= 0.3 is 18.4 Å². The van der Waals surface area contributed by atoms with Crippen molar-refractivity contribution in [3.63, 3.8) is 0 Å². The van der Waals surface area contributed by atoms with E-state index in [0.717, 1.165) is 7.11 Å². The Morgan fingerprint density at radius 3 is 1.83 bits per heavy atom. The van der Waals surface area contributed by atoms with Gasteiger partial charge in [0.15, 0.2) is 5.83 Å². The van der Waals surface area contributed by atoms with E-state index in [0.29, 0.717) is 6.08 Å². The number of alkyl halides is 6. The van der Waals surface area contributed by atoms with E-state index in [1.807, 2.05) is 0 Å². The second-order valence-electron chi connectivity index (χ2n) is 4.37. The quantitative estimate of drug-likeness (QED) is 0.339. The lowest BCUT2D eigenvalue weighted by Gasteiger charge is -2.42. The molecule has 0 aliphatic rings. The normalized spacial score (nSPS) is 14.5. The van der Waals surface area contributed by atoms with Gasteiger partial charge in [-0.1, -0.05) is 6.08 Å². The molecule has 0 heterocycles. The van der Waals surface area contributed by atoms with Gasteiger partial charge in [-0.05, 0) is 6.42 Å². The smallest absolute Gasteiger partial charge is 0.359 e. The third kappa shape index (κ3) is 4.87. The van der Waals surface area contributed by atoms with Crippen molar-refractivity contribution < 1.29 is 49.0 Å². The molecular weight excluding hydrogens is 347 g/mol. The molecule has 2 nitrogen and oxygen atoms in total. The van der Waals surface area contributed by atoms with Gasteiger partial charge in [0.2, 0.25) is 0 Å². The number of allylic oxidation sites excluding steroid dienone is 2. The fourth-order valence-corrected chi connectivity index (χ4v) is 1.94. The van der Waals surface area contributed by atoms with E-state index in [4.69, 9.17) is 0 Å². The summed E-state index contributed by atoms with van der Waals surface area (Å²) in [5.74, 6) is -5.15. The predicted octanol–water partition coefficient (Wildman–Crippen LogP) is 5.13. The monoisotopic (exact) mass is 360 g/mol. The predicted molar refractivity (Wildman–Crippen MR) is 61.1 cm³/mol. The zero-order valence-electron chi connectivity index (χ0n) is 11.7. The summed E-state index contributed by atoms with van der Waals surface area (Å²) in [5.41, 5.74) is -4.89. The van der Waals surface area contributed by atoms with Gasteiger partial charge in [-0.2, -0.15) is 35.1 Å². The van der Waals surface area contributed by atoms with E-state index >= 15 is 0 Å². The van der Waals surface area contributed by atoms with E-state index in [9.17, 15) is 39.5 Å². The lowest BCUT2D eigenvalue weighted by Crippen LogP contribution is -2.63. The maximum absolute atomic E-state index is 13.2. The van der Waals surface area contributed by atoms with Gasteiger partial charge in [0.1, 0.15) is 6.79 Å². The molecule has 23 heavy (non-hydrogen) atoms. The number of hydrogen-bond donors (Lipinski definition) is 0. The van der Waals surface area contributed by atoms with Crippen LogP contribution in [-0.4, -0.2) is 31.9 Å². The highest BCUT2D eigenvalue weighted by atomic mass is 19.4. The van der Waals surface area contributed by atoms with Gasteiger partial charge in [0.25, 0.3) is 5.60 Å². The highest BCUT2D eigenvalue weighted by molar-refractivity contribution is 5.07. The van der Waals surface area contributed by atoms with Crippen LogP contribution < -0.4 is 0 Å². The zero-order chi connectivity index (χ0) is 18.5. The first-order chi connectivity index (χ1) is 10.3. The van der Waals surface area contributed by atoms with Crippen LogP contribution in [0.4, 0.5) is 39.5 Å². The van der Waals surface area contributed by atoms with E-state index in [1.54, 1.807) is 0 Å². The minimum absolute atomic E-state index is 0.622. The SMILES string of the molecule is C=CCC(CC(F)=C(F)F)C(OCOC)(C(F)(F)F)C(F)(F)F. The molecular formula is C12H13F9O2. The van der Waals surface area contributed by atoms with Crippen LogP contribution in [-0.2, 0) is 9.47 Å². The largest absolute Gasteiger partial charge is 0.426 e. The van der Waals surface area contributed by atoms with Crippen molar-refractivity contribution in [2.24, 2.45) is 5.92 Å². The molecule has 0 saturated carbocycles. The number of hydrogen-bond acceptors (Lipinski definition) is 2. The third-order valence-electron chi connectivity index (χ3n) is 2.90. The summed E-state index contributed by atoms with van der Waals surface area (Å²) in [7, 11) is 0.766. The minimum Gasteiger partial charge on any atom is -0.359 e. The number of methoxy groups -OCH3 is 1. The maximum atomic E-state index is 13.2. The van der Waals surface area contributed by atoms with Crippen LogP contribution in [0.2, 0.25) is 0 Å². The van der Waals surface area contributed by atoms with Crippen molar-refractivity contribution in [2.45, 2.75) is 30.8 Å². The fraction of sp³-hybridized carbons (Fsp3) is 0.667. The Hall–Kier alpha value is -1.23. The van der Waals surface area contributed by atoms with E-state index < -0.39 is 55.4 Å². The third-order valence-corrected chi connectivity index (χ3v) is 2.90. The van der Waals surface area contributed by atoms with Gasteiger partial charge in [0.05, 0.1) is 0 Å². The summed E-state index contributed by atoms with van der Waals surface area (Å²) in [5, 5.41) is 0. The van der Waals surface area contributed by atoms with Crippen molar-refractivity contribution in [3.8, 4) is 0 Å². The highest BCUT2D eigenvalue weighted by Gasteiger charge is 2.75. The Morgan fingerprint density at radius 2 is 1.52 bits per heavy atom. The van der Waals surface area contributed by atoms with Gasteiger partial charge in [-0.15, -0.1) is 6.58 Å². The second kappa shape index (κ2) is 8.04. The van der Waals surface area contributed by atoms with Crippen molar-refractivity contribution in [2.75, 3.05) is 13.9 Å². The summed E-state index contributed by atoms with van der Waals surface area (Å²) in [6, 6.07) is 0. The fourth-order valence-electron chi connectivity index (χ4n) is 1.94. The van der Waals surface area contributed by atoms with Crippen molar-refractivity contribution in [1.29, 1.82) is 0 Å². The average Bonchev–Trinajstić information content (AvgIpc) is 2.36. The summed E-state index contributed by atoms with van der Waals surface area (Å²) in [6.45, 7) is 1.53. The van der Waals surface area contributed by atoms with Crippen LogP contribution in [0.1, 0.15) is 12.8 Å². The highest BCUT2D eigenvalue weighted by Crippen LogP contribution is 2.53. The Bertz CT molecular complexity index is 407. The molecule has 0 aliphatic heterocycles. The standard InChI is InChI=1S/C12H13F9O2/c1-3-4-7(5-8(13)9(14)15)10(11(16,17)18,12(19,20)21)23-6-22-2/h3,7H,1,4-6H2,2H3. The Labute approximate surface area is 125 Å². The van der Waals surface area contributed by atoms with Gasteiger partial charge < -0.3 is 9.47 Å². The molecule has 0 aromatic carbocycles. The molecule has 0 rings (SSSR count). The summed E-state index contributed by atoms with van der Waals surface area (Å²) in [4.78, 5) is 0. The molecule has 0 N–H and O–H groups in total. The maximum Gasteiger partial charge on any atom is 0.426 e. The topological polar surface area (TPSA) is 18.5 Å². The first-order valence-corrected chi connectivity index (χ1v) is 5.92. The molecule has 0 aromatic heterocycles. The lowest BCUT2D eigenvalue weighted by molar-refractivity contribution is -0.408. The molecule has 0 amide bonds. The van der Waals surface area contributed by atoms with Crippen LogP contribution >= 0.6 is 0 Å². The van der Waals surface area contributed by atoms with Crippen LogP contribution in [0, 0.1) is 5.92 Å². The molecule has 0 aromatic rings. The Balaban J connectivity index is 6.20. The van der Waals surface area contributed by atoms with Gasteiger partial charge in [-0.3, -0.25) is 0 Å². The van der Waals surface area contributed by atoms with Gasteiger partial charge in [-0.25, -0.2) is 4.39 Å². The zero-order valence-corrected chi connectivity index (χ0v) is 11.7.